The van der Waals surface area contributed by atoms with E-state index in [1.165, 1.54) is 12.3 Å². The van der Waals surface area contributed by atoms with E-state index in [4.69, 9.17) is 5.11 Å². The van der Waals surface area contributed by atoms with Crippen LogP contribution in [0, 0.1) is 0 Å². The highest BCUT2D eigenvalue weighted by atomic mass is 16.4. The topological polar surface area (TPSA) is 92.1 Å². The smallest absolute Gasteiger partial charge is 0.337 e. The second-order valence-corrected chi connectivity index (χ2v) is 5.71. The molecular formula is C17H17N5O2. The van der Waals surface area contributed by atoms with Crippen LogP contribution in [0.4, 0.5) is 5.82 Å². The molecule has 0 aromatic carbocycles. The molecule has 0 unspecified atom stereocenters. The Morgan fingerprint density at radius 2 is 2.04 bits per heavy atom. The molecule has 3 aromatic heterocycles. The summed E-state index contributed by atoms with van der Waals surface area (Å²) in [6, 6.07) is 5.43. The number of carboxylic acid groups (broad SMARTS) is 1. The van der Waals surface area contributed by atoms with Crippen LogP contribution in [0.3, 0.4) is 0 Å². The van der Waals surface area contributed by atoms with Gasteiger partial charge in [-0.05, 0) is 32.0 Å². The number of aromatic carboxylic acids is 1. The third-order valence-corrected chi connectivity index (χ3v) is 3.79. The molecule has 1 N–H and O–H groups in total. The fourth-order valence-electron chi connectivity index (χ4n) is 2.24. The lowest BCUT2D eigenvalue weighted by atomic mass is 10.1. The van der Waals surface area contributed by atoms with Crippen molar-refractivity contribution in [2.45, 2.75) is 19.9 Å². The van der Waals surface area contributed by atoms with Crippen LogP contribution in [0.2, 0.25) is 0 Å². The number of aromatic nitrogens is 4. The van der Waals surface area contributed by atoms with Crippen LogP contribution in [0.1, 0.15) is 24.2 Å². The number of anilines is 1. The normalized spacial score (nSPS) is 11.0. The van der Waals surface area contributed by atoms with Gasteiger partial charge in [0.15, 0.2) is 11.5 Å². The highest BCUT2D eigenvalue weighted by molar-refractivity contribution is 5.91. The molecule has 3 heterocycles. The van der Waals surface area contributed by atoms with Crippen LogP contribution in [0.15, 0.2) is 36.8 Å². The summed E-state index contributed by atoms with van der Waals surface area (Å²) < 4.78 is 0. The maximum absolute atomic E-state index is 11.2. The highest BCUT2D eigenvalue weighted by Crippen LogP contribution is 2.29. The van der Waals surface area contributed by atoms with Crippen molar-refractivity contribution in [3.05, 3.63) is 42.4 Å². The maximum atomic E-state index is 11.2. The van der Waals surface area contributed by atoms with Crippen LogP contribution in [0.25, 0.3) is 22.4 Å². The number of hydrogen-bond acceptors (Lipinski definition) is 6. The summed E-state index contributed by atoms with van der Waals surface area (Å²) in [4.78, 5) is 30.6. The first-order valence-corrected chi connectivity index (χ1v) is 7.51. The van der Waals surface area contributed by atoms with Crippen molar-refractivity contribution < 1.29 is 9.90 Å². The molecule has 0 aliphatic carbocycles. The van der Waals surface area contributed by atoms with Crippen molar-refractivity contribution in [1.29, 1.82) is 0 Å². The third kappa shape index (κ3) is 2.88. The van der Waals surface area contributed by atoms with Gasteiger partial charge in [-0.25, -0.2) is 19.7 Å². The summed E-state index contributed by atoms with van der Waals surface area (Å²) >= 11 is 0. The number of carboxylic acids is 1. The van der Waals surface area contributed by atoms with Crippen LogP contribution in [-0.2, 0) is 0 Å². The van der Waals surface area contributed by atoms with Gasteiger partial charge >= 0.3 is 5.97 Å². The molecule has 0 fully saturated rings. The summed E-state index contributed by atoms with van der Waals surface area (Å²) in [5.41, 5.74) is 2.44. The molecule has 7 nitrogen and oxygen atoms in total. The van der Waals surface area contributed by atoms with E-state index in [0.717, 1.165) is 5.56 Å². The van der Waals surface area contributed by atoms with Gasteiger partial charge in [0.2, 0.25) is 0 Å². The quantitative estimate of drug-likeness (QED) is 0.789. The first-order valence-electron chi connectivity index (χ1n) is 7.51. The molecule has 7 heteroatoms. The van der Waals surface area contributed by atoms with Gasteiger partial charge in [0.05, 0.1) is 5.56 Å². The lowest BCUT2D eigenvalue weighted by Crippen LogP contribution is -2.27. The van der Waals surface area contributed by atoms with Crippen LogP contribution >= 0.6 is 0 Å². The fraction of sp³-hybridized carbons (Fsp3) is 0.235. The van der Waals surface area contributed by atoms with Gasteiger partial charge in [0.1, 0.15) is 11.2 Å². The zero-order valence-electron chi connectivity index (χ0n) is 13.6. The Balaban J connectivity index is 2.27. The van der Waals surface area contributed by atoms with Crippen LogP contribution < -0.4 is 4.90 Å². The fourth-order valence-corrected chi connectivity index (χ4v) is 2.24. The lowest BCUT2D eigenvalue weighted by Gasteiger charge is -2.24. The largest absolute Gasteiger partial charge is 0.478 e. The molecule has 0 radical (unpaired) electrons. The van der Waals surface area contributed by atoms with Crippen LogP contribution in [0.5, 0.6) is 0 Å². The number of hydrogen-bond donors (Lipinski definition) is 1. The van der Waals surface area contributed by atoms with Crippen molar-refractivity contribution in [3.8, 4) is 11.3 Å². The zero-order valence-corrected chi connectivity index (χ0v) is 13.6. The van der Waals surface area contributed by atoms with E-state index in [1.807, 2.05) is 37.9 Å². The minimum atomic E-state index is -1.04. The molecule has 3 aromatic rings. The maximum Gasteiger partial charge on any atom is 0.337 e. The van der Waals surface area contributed by atoms with Crippen molar-refractivity contribution in [3.63, 3.8) is 0 Å². The monoisotopic (exact) mass is 323 g/mol. The molecule has 0 amide bonds. The van der Waals surface area contributed by atoms with E-state index in [9.17, 15) is 4.79 Å². The van der Waals surface area contributed by atoms with Gasteiger partial charge in [0, 0.05) is 37.2 Å². The van der Waals surface area contributed by atoms with Gasteiger partial charge < -0.3 is 10.0 Å². The summed E-state index contributed by atoms with van der Waals surface area (Å²) in [6.45, 7) is 4.09. The average Bonchev–Trinajstić information content (AvgIpc) is 2.60. The Kier molecular flexibility index (Phi) is 4.07. The standard InChI is InChI=1S/C17H17N5O2/c1-10(2)22(3)16-14(11-5-4-6-18-8-11)21-15-13(20-16)7-12(9-19-15)17(23)24/h4-10H,1-3H3,(H,23,24). The molecule has 0 saturated carbocycles. The lowest BCUT2D eigenvalue weighted by molar-refractivity contribution is 0.0696. The van der Waals surface area contributed by atoms with Crippen molar-refractivity contribution in [2.24, 2.45) is 0 Å². The minimum absolute atomic E-state index is 0.0871. The SMILES string of the molecule is CC(C)N(C)c1nc2cc(C(=O)O)cnc2nc1-c1cccnc1. The Morgan fingerprint density at radius 1 is 1.25 bits per heavy atom. The Labute approximate surface area is 139 Å². The molecule has 0 bridgehead atoms. The molecule has 0 spiro atoms. The molecule has 0 aliphatic heterocycles. The third-order valence-electron chi connectivity index (χ3n) is 3.79. The van der Waals surface area contributed by atoms with Gasteiger partial charge in [-0.15, -0.1) is 0 Å². The first kappa shape index (κ1) is 15.8. The molecular weight excluding hydrogens is 306 g/mol. The minimum Gasteiger partial charge on any atom is -0.478 e. The molecule has 0 saturated heterocycles. The predicted octanol–water partition coefficient (Wildman–Crippen LogP) is 2.63. The van der Waals surface area contributed by atoms with E-state index < -0.39 is 5.97 Å². The van der Waals surface area contributed by atoms with E-state index >= 15 is 0 Å². The number of nitrogens with zero attached hydrogens (tertiary/aromatic N) is 5. The van der Waals surface area contributed by atoms with Gasteiger partial charge in [-0.3, -0.25) is 4.98 Å². The van der Waals surface area contributed by atoms with Gasteiger partial charge in [-0.2, -0.15) is 0 Å². The number of fused-ring (bicyclic) bond motifs is 1. The summed E-state index contributed by atoms with van der Waals surface area (Å²) in [6.07, 6.45) is 4.71. The number of pyridine rings is 2. The van der Waals surface area contributed by atoms with Crippen LogP contribution in [-0.4, -0.2) is 44.1 Å². The summed E-state index contributed by atoms with van der Waals surface area (Å²) in [7, 11) is 1.93. The van der Waals surface area contributed by atoms with E-state index in [2.05, 4.69) is 19.9 Å². The van der Waals surface area contributed by atoms with E-state index in [-0.39, 0.29) is 11.6 Å². The van der Waals surface area contributed by atoms with Gasteiger partial charge in [-0.1, -0.05) is 0 Å². The van der Waals surface area contributed by atoms with Gasteiger partial charge in [0.25, 0.3) is 0 Å². The molecule has 3 rings (SSSR count). The number of rotatable bonds is 4. The summed E-state index contributed by atoms with van der Waals surface area (Å²) in [5.74, 6) is -0.379. The van der Waals surface area contributed by atoms with Crippen molar-refractivity contribution in [1.82, 2.24) is 19.9 Å². The van der Waals surface area contributed by atoms with E-state index in [1.54, 1.807) is 12.4 Å². The predicted molar refractivity (Wildman–Crippen MR) is 91.1 cm³/mol. The summed E-state index contributed by atoms with van der Waals surface area (Å²) in [5, 5.41) is 9.14. The van der Waals surface area contributed by atoms with Crippen molar-refractivity contribution in [2.75, 3.05) is 11.9 Å². The molecule has 0 atom stereocenters. The second-order valence-electron chi connectivity index (χ2n) is 5.71. The Morgan fingerprint density at radius 3 is 2.67 bits per heavy atom. The number of carbonyl (C=O) groups is 1. The molecule has 122 valence electrons. The van der Waals surface area contributed by atoms with E-state index in [0.29, 0.717) is 22.7 Å². The molecule has 24 heavy (non-hydrogen) atoms. The first-order chi connectivity index (χ1) is 11.5. The second kappa shape index (κ2) is 6.19. The van der Waals surface area contributed by atoms with Crippen molar-refractivity contribution >= 4 is 23.0 Å². The molecule has 0 aliphatic rings. The Bertz CT molecular complexity index is 896. The zero-order chi connectivity index (χ0) is 17.3. The Hall–Kier alpha value is -3.09. The average molecular weight is 323 g/mol. The highest BCUT2D eigenvalue weighted by Gasteiger charge is 2.18.